The second-order valence-electron chi connectivity index (χ2n) is 6.59. The summed E-state index contributed by atoms with van der Waals surface area (Å²) in [6.45, 7) is 8.03. The van der Waals surface area contributed by atoms with E-state index in [1.54, 1.807) is 0 Å². The molecule has 1 atom stereocenters. The Kier molecular flexibility index (Phi) is 5.31. The van der Waals surface area contributed by atoms with Crippen molar-refractivity contribution in [2.24, 2.45) is 0 Å². The van der Waals surface area contributed by atoms with E-state index in [1.165, 1.54) is 11.1 Å². The third kappa shape index (κ3) is 4.57. The zero-order valence-corrected chi connectivity index (χ0v) is 14.0. The van der Waals surface area contributed by atoms with E-state index < -0.39 is 0 Å². The van der Waals surface area contributed by atoms with Crippen LogP contribution in [0.3, 0.4) is 0 Å². The van der Waals surface area contributed by atoms with Crippen LogP contribution in [0.1, 0.15) is 18.1 Å². The molecule has 2 aromatic carbocycles. The smallest absolute Gasteiger partial charge is 0.0314 e. The van der Waals surface area contributed by atoms with E-state index in [0.29, 0.717) is 6.04 Å². The van der Waals surface area contributed by atoms with Crippen molar-refractivity contribution in [2.75, 3.05) is 31.9 Å². The summed E-state index contributed by atoms with van der Waals surface area (Å²) in [6.07, 6.45) is 1.10. The van der Waals surface area contributed by atoms with Crippen molar-refractivity contribution in [3.63, 3.8) is 0 Å². The summed E-state index contributed by atoms with van der Waals surface area (Å²) in [5.41, 5.74) is 9.39. The van der Waals surface area contributed by atoms with E-state index >= 15 is 0 Å². The molecule has 122 valence electrons. The fourth-order valence-corrected chi connectivity index (χ4v) is 3.33. The number of nitrogens with two attached hydrogens (primary N) is 1. The fraction of sp³-hybridized carbons (Fsp3) is 0.400. The van der Waals surface area contributed by atoms with Gasteiger partial charge in [0, 0.05) is 44.5 Å². The topological polar surface area (TPSA) is 32.5 Å². The van der Waals surface area contributed by atoms with Crippen LogP contribution >= 0.6 is 0 Å². The molecule has 0 spiro atoms. The zero-order valence-electron chi connectivity index (χ0n) is 14.0. The lowest BCUT2D eigenvalue weighted by molar-refractivity contribution is 0.0978. The molecule has 3 rings (SSSR count). The molecule has 1 unspecified atom stereocenters. The van der Waals surface area contributed by atoms with Gasteiger partial charge in [0.15, 0.2) is 0 Å². The van der Waals surface area contributed by atoms with Crippen LogP contribution in [0, 0.1) is 0 Å². The number of hydrogen-bond donors (Lipinski definition) is 1. The van der Waals surface area contributed by atoms with Gasteiger partial charge in [0.1, 0.15) is 0 Å². The Bertz CT molecular complexity index is 586. The van der Waals surface area contributed by atoms with Gasteiger partial charge in [-0.25, -0.2) is 0 Å². The van der Waals surface area contributed by atoms with Gasteiger partial charge < -0.3 is 5.73 Å². The van der Waals surface area contributed by atoms with Gasteiger partial charge in [-0.2, -0.15) is 0 Å². The van der Waals surface area contributed by atoms with Crippen LogP contribution in [-0.2, 0) is 13.0 Å². The number of nitrogens with zero attached hydrogens (tertiary/aromatic N) is 2. The largest absolute Gasteiger partial charge is 0.399 e. The van der Waals surface area contributed by atoms with Crippen molar-refractivity contribution in [1.82, 2.24) is 9.80 Å². The summed E-state index contributed by atoms with van der Waals surface area (Å²) in [6, 6.07) is 19.7. The van der Waals surface area contributed by atoms with E-state index in [2.05, 4.69) is 59.2 Å². The molecule has 0 aromatic heterocycles. The minimum Gasteiger partial charge on any atom is -0.399 e. The van der Waals surface area contributed by atoms with Gasteiger partial charge in [0.2, 0.25) is 0 Å². The Morgan fingerprint density at radius 2 is 1.52 bits per heavy atom. The highest BCUT2D eigenvalue weighted by molar-refractivity contribution is 5.39. The molecule has 0 radical (unpaired) electrons. The van der Waals surface area contributed by atoms with Gasteiger partial charge in [-0.15, -0.1) is 0 Å². The SMILES string of the molecule is CC(Cc1ccc(N)cc1)N1CCN(Cc2ccccc2)CC1. The first-order chi connectivity index (χ1) is 11.2. The van der Waals surface area contributed by atoms with Crippen molar-refractivity contribution in [3.8, 4) is 0 Å². The predicted molar refractivity (Wildman–Crippen MR) is 97.3 cm³/mol. The molecule has 0 saturated carbocycles. The Hall–Kier alpha value is -1.84. The van der Waals surface area contributed by atoms with Crippen molar-refractivity contribution < 1.29 is 0 Å². The molecular weight excluding hydrogens is 282 g/mol. The summed E-state index contributed by atoms with van der Waals surface area (Å²) in [5, 5.41) is 0. The van der Waals surface area contributed by atoms with Crippen LogP contribution < -0.4 is 5.73 Å². The first-order valence-electron chi connectivity index (χ1n) is 8.55. The molecule has 2 aromatic rings. The van der Waals surface area contributed by atoms with Crippen molar-refractivity contribution in [2.45, 2.75) is 25.9 Å². The Morgan fingerprint density at radius 1 is 0.870 bits per heavy atom. The molecule has 1 fully saturated rings. The number of anilines is 1. The average Bonchev–Trinajstić information content (AvgIpc) is 2.58. The average molecular weight is 309 g/mol. The highest BCUT2D eigenvalue weighted by Gasteiger charge is 2.21. The lowest BCUT2D eigenvalue weighted by atomic mass is 10.0. The first kappa shape index (κ1) is 16.0. The van der Waals surface area contributed by atoms with Crippen LogP contribution in [0.25, 0.3) is 0 Å². The molecule has 1 aliphatic heterocycles. The maximum Gasteiger partial charge on any atom is 0.0314 e. The second-order valence-corrected chi connectivity index (χ2v) is 6.59. The van der Waals surface area contributed by atoms with Crippen molar-refractivity contribution in [1.29, 1.82) is 0 Å². The summed E-state index contributed by atoms with van der Waals surface area (Å²) in [7, 11) is 0. The summed E-state index contributed by atoms with van der Waals surface area (Å²) < 4.78 is 0. The third-order valence-electron chi connectivity index (χ3n) is 4.79. The first-order valence-corrected chi connectivity index (χ1v) is 8.55. The zero-order chi connectivity index (χ0) is 16.1. The molecule has 23 heavy (non-hydrogen) atoms. The number of hydrogen-bond acceptors (Lipinski definition) is 3. The molecule has 0 aliphatic carbocycles. The van der Waals surface area contributed by atoms with Crippen LogP contribution in [0.2, 0.25) is 0 Å². The summed E-state index contributed by atoms with van der Waals surface area (Å²) in [5.74, 6) is 0. The molecule has 3 nitrogen and oxygen atoms in total. The van der Waals surface area contributed by atoms with Gasteiger partial charge in [-0.05, 0) is 36.6 Å². The van der Waals surface area contributed by atoms with Crippen LogP contribution in [0.5, 0.6) is 0 Å². The van der Waals surface area contributed by atoms with E-state index in [-0.39, 0.29) is 0 Å². The fourth-order valence-electron chi connectivity index (χ4n) is 3.33. The monoisotopic (exact) mass is 309 g/mol. The minimum absolute atomic E-state index is 0.581. The maximum atomic E-state index is 5.76. The minimum atomic E-state index is 0.581. The lowest BCUT2D eigenvalue weighted by Crippen LogP contribution is -2.49. The van der Waals surface area contributed by atoms with E-state index in [9.17, 15) is 0 Å². The third-order valence-corrected chi connectivity index (χ3v) is 4.79. The van der Waals surface area contributed by atoms with Gasteiger partial charge in [0.25, 0.3) is 0 Å². The summed E-state index contributed by atoms with van der Waals surface area (Å²) in [4.78, 5) is 5.17. The second kappa shape index (κ2) is 7.62. The lowest BCUT2D eigenvalue weighted by Gasteiger charge is -2.38. The maximum absolute atomic E-state index is 5.76. The number of piperazine rings is 1. The van der Waals surface area contributed by atoms with Crippen molar-refractivity contribution in [3.05, 3.63) is 65.7 Å². The number of benzene rings is 2. The Morgan fingerprint density at radius 3 is 2.17 bits per heavy atom. The van der Waals surface area contributed by atoms with Gasteiger partial charge in [-0.1, -0.05) is 42.5 Å². The molecule has 1 heterocycles. The van der Waals surface area contributed by atoms with E-state index in [4.69, 9.17) is 5.73 Å². The van der Waals surface area contributed by atoms with E-state index in [0.717, 1.165) is 44.8 Å². The molecular formula is C20H27N3. The number of nitrogen functional groups attached to an aromatic ring is 1. The molecule has 0 bridgehead atoms. The molecule has 1 aliphatic rings. The molecule has 2 N–H and O–H groups in total. The Labute approximate surface area is 139 Å². The van der Waals surface area contributed by atoms with Crippen LogP contribution in [0.4, 0.5) is 5.69 Å². The standard InChI is InChI=1S/C20H27N3/c1-17(15-18-7-9-20(21)10-8-18)23-13-11-22(12-14-23)16-19-5-3-2-4-6-19/h2-10,17H,11-16,21H2,1H3. The summed E-state index contributed by atoms with van der Waals surface area (Å²) >= 11 is 0. The highest BCUT2D eigenvalue weighted by atomic mass is 15.3. The molecule has 1 saturated heterocycles. The van der Waals surface area contributed by atoms with Gasteiger partial charge in [0.05, 0.1) is 0 Å². The van der Waals surface area contributed by atoms with Crippen LogP contribution in [0.15, 0.2) is 54.6 Å². The predicted octanol–water partition coefficient (Wildman–Crippen LogP) is 3.02. The normalized spacial score (nSPS) is 18.0. The van der Waals surface area contributed by atoms with Crippen molar-refractivity contribution >= 4 is 5.69 Å². The number of rotatable bonds is 5. The quantitative estimate of drug-likeness (QED) is 0.862. The van der Waals surface area contributed by atoms with Crippen LogP contribution in [-0.4, -0.2) is 42.0 Å². The highest BCUT2D eigenvalue weighted by Crippen LogP contribution is 2.14. The Balaban J connectivity index is 1.47. The van der Waals surface area contributed by atoms with Gasteiger partial charge in [-0.3, -0.25) is 9.80 Å². The molecule has 3 heteroatoms. The van der Waals surface area contributed by atoms with E-state index in [1.807, 2.05) is 12.1 Å². The van der Waals surface area contributed by atoms with Gasteiger partial charge >= 0.3 is 0 Å². The molecule has 0 amide bonds.